The van der Waals surface area contributed by atoms with Gasteiger partial charge in [-0.25, -0.2) is 0 Å². The van der Waals surface area contributed by atoms with Gasteiger partial charge in [0.25, 0.3) is 0 Å². The molecule has 0 unspecified atom stereocenters. The quantitative estimate of drug-likeness (QED) is 0.374. The van der Waals surface area contributed by atoms with Crippen LogP contribution in [-0.4, -0.2) is 9.13 Å². The van der Waals surface area contributed by atoms with Crippen molar-refractivity contribution in [2.45, 2.75) is 39.2 Å². The first-order valence-corrected chi connectivity index (χ1v) is 9.18. The number of benzene rings is 2. The number of aromatic nitrogens is 2. The Bertz CT molecular complexity index is 1180. The van der Waals surface area contributed by atoms with Crippen molar-refractivity contribution in [2.75, 3.05) is 0 Å². The zero-order valence-electron chi connectivity index (χ0n) is 15.4. The van der Waals surface area contributed by atoms with Crippen LogP contribution in [-0.2, 0) is 19.0 Å². The van der Waals surface area contributed by atoms with Gasteiger partial charge < -0.3 is 9.13 Å². The van der Waals surface area contributed by atoms with E-state index in [0.29, 0.717) is 0 Å². The number of rotatable bonds is 0. The maximum absolute atomic E-state index is 2.50. The molecule has 4 aromatic rings. The van der Waals surface area contributed by atoms with Gasteiger partial charge in [-0.2, -0.15) is 0 Å². The molecule has 0 radical (unpaired) electrons. The van der Waals surface area contributed by atoms with Gasteiger partial charge in [0.05, 0.1) is 11.0 Å². The van der Waals surface area contributed by atoms with Crippen LogP contribution in [0.3, 0.4) is 0 Å². The van der Waals surface area contributed by atoms with Gasteiger partial charge in [-0.05, 0) is 51.8 Å². The topological polar surface area (TPSA) is 9.86 Å². The Labute approximate surface area is 148 Å². The molecule has 0 N–H and O–H groups in total. The number of fused-ring (bicyclic) bond motifs is 6. The Morgan fingerprint density at radius 2 is 1.68 bits per heavy atom. The van der Waals surface area contributed by atoms with Crippen LogP contribution < -0.4 is 0 Å². The van der Waals surface area contributed by atoms with Crippen LogP contribution in [0.1, 0.15) is 38.4 Å². The lowest BCUT2D eigenvalue weighted by molar-refractivity contribution is 0.423. The van der Waals surface area contributed by atoms with Crippen LogP contribution in [0.15, 0.2) is 42.5 Å². The molecule has 126 valence electrons. The molecule has 2 heteroatoms. The number of para-hydroxylation sites is 1. The zero-order valence-corrected chi connectivity index (χ0v) is 15.4. The fraction of sp³-hybridized carbons (Fsp3) is 0.304. The van der Waals surface area contributed by atoms with Crippen LogP contribution in [0.2, 0.25) is 0 Å². The van der Waals surface area contributed by atoms with Crippen LogP contribution in [0.4, 0.5) is 0 Å². The lowest BCUT2D eigenvalue weighted by Crippen LogP contribution is -2.21. The maximum Gasteiger partial charge on any atom is 0.0517 e. The first kappa shape index (κ1) is 14.8. The van der Waals surface area contributed by atoms with E-state index < -0.39 is 0 Å². The fourth-order valence-electron chi connectivity index (χ4n) is 4.61. The summed E-state index contributed by atoms with van der Waals surface area (Å²) in [6.45, 7) is 6.88. The molecule has 2 nitrogen and oxygen atoms in total. The number of nitrogens with zero attached hydrogens (tertiary/aromatic N) is 2. The molecule has 5 rings (SSSR count). The smallest absolute Gasteiger partial charge is 0.0517 e. The number of allylic oxidation sites excluding steroid dienone is 1. The maximum atomic E-state index is 2.50. The highest BCUT2D eigenvalue weighted by Crippen LogP contribution is 2.39. The summed E-state index contributed by atoms with van der Waals surface area (Å²) in [6.07, 6.45) is 6.91. The summed E-state index contributed by atoms with van der Waals surface area (Å²) < 4.78 is 4.90. The van der Waals surface area contributed by atoms with Gasteiger partial charge in [-0.15, -0.1) is 0 Å². The largest absolute Gasteiger partial charge is 0.347 e. The van der Waals surface area contributed by atoms with Crippen molar-refractivity contribution in [1.29, 1.82) is 0 Å². The van der Waals surface area contributed by atoms with E-state index >= 15 is 0 Å². The molecule has 0 aliphatic heterocycles. The Hall–Kier alpha value is -2.48. The second-order valence-corrected chi connectivity index (χ2v) is 8.27. The lowest BCUT2D eigenvalue weighted by Gasteiger charge is -2.24. The third-order valence-electron chi connectivity index (χ3n) is 5.66. The molecule has 2 aromatic heterocycles. The van der Waals surface area contributed by atoms with E-state index in [1.54, 1.807) is 0 Å². The first-order chi connectivity index (χ1) is 12.0. The van der Waals surface area contributed by atoms with Gasteiger partial charge >= 0.3 is 0 Å². The highest BCUT2D eigenvalue weighted by molar-refractivity contribution is 6.13. The number of hydrogen-bond acceptors (Lipinski definition) is 0. The van der Waals surface area contributed by atoms with Gasteiger partial charge in [-0.1, -0.05) is 30.4 Å². The zero-order chi connectivity index (χ0) is 17.3. The summed E-state index contributed by atoms with van der Waals surface area (Å²) in [5.41, 5.74) is 6.93. The predicted molar refractivity (Wildman–Crippen MR) is 108 cm³/mol. The summed E-state index contributed by atoms with van der Waals surface area (Å²) >= 11 is 0. The van der Waals surface area contributed by atoms with E-state index in [1.807, 2.05) is 0 Å². The normalized spacial score (nSPS) is 14.7. The van der Waals surface area contributed by atoms with Crippen LogP contribution in [0.5, 0.6) is 0 Å². The van der Waals surface area contributed by atoms with E-state index in [0.717, 1.165) is 12.8 Å². The summed E-state index contributed by atoms with van der Waals surface area (Å²) in [5, 5.41) is 4.11. The molecule has 0 spiro atoms. The SMILES string of the molecule is Cn1c2c(c3cc4c5ccccc5n(C(C)(C)C)c4cc31)C=CCC2. The standard InChI is InChI=1S/C23H24N2/c1-23(2,3)25-20-12-8-6-10-16(20)18-13-17-15-9-5-7-11-19(15)24(4)21(17)14-22(18)25/h5-6,8-10,12-14H,7,11H2,1-4H3. The van der Waals surface area contributed by atoms with Crippen molar-refractivity contribution in [3.8, 4) is 0 Å². The third-order valence-corrected chi connectivity index (χ3v) is 5.66. The van der Waals surface area contributed by atoms with Gasteiger partial charge in [0, 0.05) is 45.5 Å². The molecule has 0 saturated heterocycles. The van der Waals surface area contributed by atoms with Crippen molar-refractivity contribution < 1.29 is 0 Å². The number of aryl methyl sites for hydroxylation is 1. The van der Waals surface area contributed by atoms with E-state index in [9.17, 15) is 0 Å². The van der Waals surface area contributed by atoms with Crippen LogP contribution in [0, 0.1) is 0 Å². The van der Waals surface area contributed by atoms with E-state index in [2.05, 4.69) is 85.5 Å². The molecule has 0 fully saturated rings. The van der Waals surface area contributed by atoms with Gasteiger partial charge in [-0.3, -0.25) is 0 Å². The fourth-order valence-corrected chi connectivity index (χ4v) is 4.61. The Balaban J connectivity index is 2.02. The van der Waals surface area contributed by atoms with E-state index in [1.165, 1.54) is 44.0 Å². The molecule has 1 aliphatic carbocycles. The van der Waals surface area contributed by atoms with E-state index in [-0.39, 0.29) is 5.54 Å². The van der Waals surface area contributed by atoms with Crippen molar-refractivity contribution in [3.63, 3.8) is 0 Å². The lowest BCUT2D eigenvalue weighted by atomic mass is 10.0. The van der Waals surface area contributed by atoms with Crippen LogP contribution in [0.25, 0.3) is 38.8 Å². The molecule has 2 aromatic carbocycles. The van der Waals surface area contributed by atoms with Crippen molar-refractivity contribution in [1.82, 2.24) is 9.13 Å². The minimum absolute atomic E-state index is 0.0414. The molecule has 1 aliphatic rings. The van der Waals surface area contributed by atoms with Crippen molar-refractivity contribution >= 4 is 38.8 Å². The van der Waals surface area contributed by atoms with Gasteiger partial charge in [0.2, 0.25) is 0 Å². The van der Waals surface area contributed by atoms with Gasteiger partial charge in [0.1, 0.15) is 0 Å². The third kappa shape index (κ3) is 1.91. The molecule has 0 saturated carbocycles. The molecule has 0 amide bonds. The predicted octanol–water partition coefficient (Wildman–Crippen LogP) is 6.00. The second-order valence-electron chi connectivity index (χ2n) is 8.27. The molecule has 0 bridgehead atoms. The average Bonchev–Trinajstić information content (AvgIpc) is 3.07. The highest BCUT2D eigenvalue weighted by atomic mass is 15.1. The van der Waals surface area contributed by atoms with Crippen molar-refractivity contribution in [2.24, 2.45) is 7.05 Å². The highest BCUT2D eigenvalue weighted by Gasteiger charge is 2.23. The second kappa shape index (κ2) is 4.78. The summed E-state index contributed by atoms with van der Waals surface area (Å²) in [7, 11) is 2.22. The van der Waals surface area contributed by atoms with Crippen LogP contribution >= 0.6 is 0 Å². The monoisotopic (exact) mass is 328 g/mol. The van der Waals surface area contributed by atoms with Crippen molar-refractivity contribution in [3.05, 3.63) is 53.7 Å². The molecule has 2 heterocycles. The average molecular weight is 328 g/mol. The summed E-state index contributed by atoms with van der Waals surface area (Å²) in [5.74, 6) is 0. The molecule has 0 atom stereocenters. The Kier molecular flexibility index (Phi) is 2.84. The summed E-state index contributed by atoms with van der Waals surface area (Å²) in [6, 6.07) is 13.6. The molecular formula is C23H24N2. The Morgan fingerprint density at radius 1 is 0.880 bits per heavy atom. The number of hydrogen-bond donors (Lipinski definition) is 0. The van der Waals surface area contributed by atoms with Gasteiger partial charge in [0.15, 0.2) is 0 Å². The minimum atomic E-state index is 0.0414. The first-order valence-electron chi connectivity index (χ1n) is 9.18. The minimum Gasteiger partial charge on any atom is -0.347 e. The van der Waals surface area contributed by atoms with E-state index in [4.69, 9.17) is 0 Å². The molecule has 25 heavy (non-hydrogen) atoms. The molecular weight excluding hydrogens is 304 g/mol. The Morgan fingerprint density at radius 3 is 2.48 bits per heavy atom. The summed E-state index contributed by atoms with van der Waals surface area (Å²) in [4.78, 5) is 0.